The van der Waals surface area contributed by atoms with E-state index in [1.165, 1.54) is 16.8 Å². The first-order valence-electron chi connectivity index (χ1n) is 9.03. The molecular formula is C21H27N3O. The molecule has 0 saturated carbocycles. The van der Waals surface area contributed by atoms with E-state index < -0.39 is 0 Å². The van der Waals surface area contributed by atoms with Gasteiger partial charge in [-0.1, -0.05) is 43.3 Å². The highest BCUT2D eigenvalue weighted by Gasteiger charge is 2.23. The molecule has 1 heterocycles. The van der Waals surface area contributed by atoms with Crippen LogP contribution in [-0.4, -0.2) is 26.2 Å². The third-order valence-electron chi connectivity index (χ3n) is 5.09. The van der Waals surface area contributed by atoms with Crippen LogP contribution >= 0.6 is 0 Å². The van der Waals surface area contributed by atoms with Crippen LogP contribution in [0.2, 0.25) is 0 Å². The molecule has 1 unspecified atom stereocenters. The number of rotatable bonds is 4. The topological polar surface area (TPSA) is 44.4 Å². The Kier molecular flexibility index (Phi) is 5.27. The molecule has 4 heteroatoms. The van der Waals surface area contributed by atoms with Gasteiger partial charge in [-0.25, -0.2) is 4.79 Å². The third-order valence-corrected chi connectivity index (χ3v) is 5.09. The van der Waals surface area contributed by atoms with Gasteiger partial charge in [0.05, 0.1) is 0 Å². The first kappa shape index (κ1) is 17.3. The zero-order valence-corrected chi connectivity index (χ0v) is 15.3. The minimum atomic E-state index is -0.125. The number of para-hydroxylation sites is 2. The van der Waals surface area contributed by atoms with E-state index in [4.69, 9.17) is 0 Å². The molecule has 0 spiro atoms. The first-order valence-corrected chi connectivity index (χ1v) is 9.03. The Bertz CT molecular complexity index is 757. The van der Waals surface area contributed by atoms with Crippen molar-refractivity contribution in [2.75, 3.05) is 30.4 Å². The largest absolute Gasteiger partial charge is 0.374 e. The predicted octanol–water partition coefficient (Wildman–Crippen LogP) is 4.30. The standard InChI is InChI=1S/C21H27N3O/c1-4-16-9-7-8-15(2)20(16)23-21(25)22-14-17-12-13-24(3)19-11-6-5-10-18(17)19/h5-11,17H,4,12-14H2,1-3H3,(H2,22,23,25). The molecule has 0 aromatic heterocycles. The maximum Gasteiger partial charge on any atom is 0.319 e. The molecule has 4 nitrogen and oxygen atoms in total. The molecule has 2 aromatic carbocycles. The van der Waals surface area contributed by atoms with Crippen molar-refractivity contribution in [2.24, 2.45) is 0 Å². The number of fused-ring (bicyclic) bond motifs is 1. The maximum absolute atomic E-state index is 12.4. The lowest BCUT2D eigenvalue weighted by atomic mass is 9.90. The van der Waals surface area contributed by atoms with Crippen molar-refractivity contribution in [3.8, 4) is 0 Å². The quantitative estimate of drug-likeness (QED) is 0.873. The van der Waals surface area contributed by atoms with E-state index in [0.717, 1.165) is 30.6 Å². The van der Waals surface area contributed by atoms with Gasteiger partial charge in [-0.15, -0.1) is 0 Å². The number of benzene rings is 2. The van der Waals surface area contributed by atoms with Crippen molar-refractivity contribution in [1.82, 2.24) is 5.32 Å². The molecule has 0 saturated heterocycles. The van der Waals surface area contributed by atoms with E-state index in [2.05, 4.69) is 59.8 Å². The normalized spacial score (nSPS) is 16.3. The van der Waals surface area contributed by atoms with Gasteiger partial charge >= 0.3 is 6.03 Å². The van der Waals surface area contributed by atoms with Crippen LogP contribution in [0.5, 0.6) is 0 Å². The second-order valence-electron chi connectivity index (χ2n) is 6.76. The summed E-state index contributed by atoms with van der Waals surface area (Å²) in [6.07, 6.45) is 1.96. The van der Waals surface area contributed by atoms with Gasteiger partial charge in [0.15, 0.2) is 0 Å². The Labute approximate surface area is 150 Å². The highest BCUT2D eigenvalue weighted by molar-refractivity contribution is 5.91. The van der Waals surface area contributed by atoms with Crippen molar-refractivity contribution in [2.45, 2.75) is 32.6 Å². The lowest BCUT2D eigenvalue weighted by Crippen LogP contribution is -2.36. The highest BCUT2D eigenvalue weighted by Crippen LogP contribution is 2.33. The van der Waals surface area contributed by atoms with Crippen LogP contribution in [0.4, 0.5) is 16.2 Å². The average Bonchev–Trinajstić information content (AvgIpc) is 2.63. The number of hydrogen-bond acceptors (Lipinski definition) is 2. The van der Waals surface area contributed by atoms with Crippen molar-refractivity contribution in [3.63, 3.8) is 0 Å². The number of urea groups is 1. The summed E-state index contributed by atoms with van der Waals surface area (Å²) in [6.45, 7) is 5.81. The Hall–Kier alpha value is -2.49. The van der Waals surface area contributed by atoms with Crippen LogP contribution in [0.1, 0.15) is 36.0 Å². The first-order chi connectivity index (χ1) is 12.1. The summed E-state index contributed by atoms with van der Waals surface area (Å²) < 4.78 is 0. The van der Waals surface area contributed by atoms with Crippen molar-refractivity contribution < 1.29 is 4.79 Å². The number of carbonyl (C=O) groups excluding carboxylic acids is 1. The number of carbonyl (C=O) groups is 1. The van der Waals surface area contributed by atoms with Crippen molar-refractivity contribution in [3.05, 3.63) is 59.2 Å². The summed E-state index contributed by atoms with van der Waals surface area (Å²) in [4.78, 5) is 14.7. The molecule has 132 valence electrons. The summed E-state index contributed by atoms with van der Waals surface area (Å²) in [5, 5.41) is 6.11. The van der Waals surface area contributed by atoms with Crippen LogP contribution in [0.3, 0.4) is 0 Å². The lowest BCUT2D eigenvalue weighted by molar-refractivity contribution is 0.251. The Morgan fingerprint density at radius 1 is 1.20 bits per heavy atom. The fourth-order valence-electron chi connectivity index (χ4n) is 3.59. The summed E-state index contributed by atoms with van der Waals surface area (Å²) >= 11 is 0. The van der Waals surface area contributed by atoms with Gasteiger partial charge in [-0.2, -0.15) is 0 Å². The van der Waals surface area contributed by atoms with Gasteiger partial charge in [0.25, 0.3) is 0 Å². The van der Waals surface area contributed by atoms with E-state index >= 15 is 0 Å². The molecule has 25 heavy (non-hydrogen) atoms. The van der Waals surface area contributed by atoms with Crippen LogP contribution in [0.25, 0.3) is 0 Å². The molecule has 1 aliphatic rings. The van der Waals surface area contributed by atoms with Gasteiger partial charge in [0, 0.05) is 37.4 Å². The van der Waals surface area contributed by atoms with E-state index in [1.54, 1.807) is 0 Å². The zero-order valence-electron chi connectivity index (χ0n) is 15.3. The lowest BCUT2D eigenvalue weighted by Gasteiger charge is -2.33. The number of amides is 2. The number of aryl methyl sites for hydroxylation is 2. The molecule has 2 amide bonds. The van der Waals surface area contributed by atoms with E-state index in [1.807, 2.05) is 19.1 Å². The molecule has 3 rings (SSSR count). The minimum Gasteiger partial charge on any atom is -0.374 e. The summed E-state index contributed by atoms with van der Waals surface area (Å²) in [5.74, 6) is 0.362. The van der Waals surface area contributed by atoms with Gasteiger partial charge in [0.2, 0.25) is 0 Å². The number of nitrogens with one attached hydrogen (secondary N) is 2. The zero-order chi connectivity index (χ0) is 17.8. The molecule has 2 aromatic rings. The Morgan fingerprint density at radius 3 is 2.80 bits per heavy atom. The Morgan fingerprint density at radius 2 is 2.00 bits per heavy atom. The molecule has 0 radical (unpaired) electrons. The highest BCUT2D eigenvalue weighted by atomic mass is 16.2. The molecule has 1 aliphatic heterocycles. The number of hydrogen-bond donors (Lipinski definition) is 2. The number of anilines is 2. The van der Waals surface area contributed by atoms with Crippen LogP contribution in [0.15, 0.2) is 42.5 Å². The van der Waals surface area contributed by atoms with E-state index in [-0.39, 0.29) is 6.03 Å². The van der Waals surface area contributed by atoms with Gasteiger partial charge in [0.1, 0.15) is 0 Å². The van der Waals surface area contributed by atoms with E-state index in [0.29, 0.717) is 12.5 Å². The summed E-state index contributed by atoms with van der Waals surface area (Å²) in [6, 6.07) is 14.5. The second kappa shape index (κ2) is 7.60. The molecule has 0 aliphatic carbocycles. The van der Waals surface area contributed by atoms with E-state index in [9.17, 15) is 4.79 Å². The fraction of sp³-hybridized carbons (Fsp3) is 0.381. The molecule has 2 N–H and O–H groups in total. The number of nitrogens with zero attached hydrogens (tertiary/aromatic N) is 1. The van der Waals surface area contributed by atoms with Crippen LogP contribution in [-0.2, 0) is 6.42 Å². The SMILES string of the molecule is CCc1cccc(C)c1NC(=O)NCC1CCN(C)c2ccccc21. The summed E-state index contributed by atoms with van der Waals surface area (Å²) in [7, 11) is 2.12. The van der Waals surface area contributed by atoms with Crippen molar-refractivity contribution >= 4 is 17.4 Å². The van der Waals surface area contributed by atoms with Gasteiger partial charge in [-0.3, -0.25) is 0 Å². The predicted molar refractivity (Wildman–Crippen MR) is 105 cm³/mol. The maximum atomic E-state index is 12.4. The average molecular weight is 337 g/mol. The minimum absolute atomic E-state index is 0.125. The van der Waals surface area contributed by atoms with Gasteiger partial charge < -0.3 is 15.5 Å². The summed E-state index contributed by atoms with van der Waals surface area (Å²) in [5.41, 5.74) is 5.79. The molecule has 0 fully saturated rings. The van der Waals surface area contributed by atoms with Crippen LogP contribution in [0, 0.1) is 6.92 Å². The fourth-order valence-corrected chi connectivity index (χ4v) is 3.59. The van der Waals surface area contributed by atoms with Gasteiger partial charge in [-0.05, 0) is 42.5 Å². The van der Waals surface area contributed by atoms with Crippen molar-refractivity contribution in [1.29, 1.82) is 0 Å². The Balaban J connectivity index is 1.65. The molecule has 1 atom stereocenters. The molecule has 0 bridgehead atoms. The smallest absolute Gasteiger partial charge is 0.319 e. The van der Waals surface area contributed by atoms with Crippen LogP contribution < -0.4 is 15.5 Å². The second-order valence-corrected chi connectivity index (χ2v) is 6.76. The molecular weight excluding hydrogens is 310 g/mol. The third kappa shape index (κ3) is 3.78. The monoisotopic (exact) mass is 337 g/mol.